The third kappa shape index (κ3) is 6.66. The van der Waals surface area contributed by atoms with Crippen molar-refractivity contribution in [1.82, 2.24) is 5.32 Å². The van der Waals surface area contributed by atoms with E-state index < -0.39 is 17.8 Å². The molecule has 1 rings (SSSR count). The minimum absolute atomic E-state index is 0. The lowest BCUT2D eigenvalue weighted by molar-refractivity contribution is -0.137. The standard InChI is InChI=1S/C15H21F3N2O.ClH/c1-3-4-13(19)14(21)20-10(2)9-11-5-7-12(8-6-11)15(16,17)18;/h5-8,10,13H,3-4,9,19H2,1-2H3,(H,20,21);1H. The highest BCUT2D eigenvalue weighted by molar-refractivity contribution is 5.85. The summed E-state index contributed by atoms with van der Waals surface area (Å²) >= 11 is 0. The van der Waals surface area contributed by atoms with Crippen LogP contribution in [0.5, 0.6) is 0 Å². The number of carbonyl (C=O) groups excluding carboxylic acids is 1. The maximum atomic E-state index is 12.4. The molecule has 1 aromatic rings. The SMILES string of the molecule is CCCC(N)C(=O)NC(C)Cc1ccc(C(F)(F)F)cc1.Cl. The molecule has 7 heteroatoms. The van der Waals surface area contributed by atoms with Gasteiger partial charge in [0.2, 0.25) is 5.91 Å². The van der Waals surface area contributed by atoms with E-state index in [9.17, 15) is 18.0 Å². The number of nitrogens with one attached hydrogen (secondary N) is 1. The van der Waals surface area contributed by atoms with Gasteiger partial charge in [-0.1, -0.05) is 25.5 Å². The van der Waals surface area contributed by atoms with E-state index in [1.165, 1.54) is 12.1 Å². The van der Waals surface area contributed by atoms with Crippen molar-refractivity contribution in [2.75, 3.05) is 0 Å². The zero-order valence-electron chi connectivity index (χ0n) is 12.6. The van der Waals surface area contributed by atoms with Gasteiger partial charge < -0.3 is 11.1 Å². The molecule has 0 heterocycles. The van der Waals surface area contributed by atoms with E-state index in [2.05, 4.69) is 5.32 Å². The molecule has 0 aromatic heterocycles. The van der Waals surface area contributed by atoms with Crippen LogP contribution in [-0.2, 0) is 17.4 Å². The topological polar surface area (TPSA) is 55.1 Å². The van der Waals surface area contributed by atoms with Crippen molar-refractivity contribution in [2.24, 2.45) is 5.73 Å². The van der Waals surface area contributed by atoms with Crippen LogP contribution >= 0.6 is 12.4 Å². The van der Waals surface area contributed by atoms with E-state index >= 15 is 0 Å². The van der Waals surface area contributed by atoms with Crippen LogP contribution in [0.15, 0.2) is 24.3 Å². The third-order valence-corrected chi connectivity index (χ3v) is 3.15. The number of benzene rings is 1. The number of halogens is 4. The first-order chi connectivity index (χ1) is 9.74. The smallest absolute Gasteiger partial charge is 0.352 e. The number of amides is 1. The first-order valence-corrected chi connectivity index (χ1v) is 6.96. The first kappa shape index (κ1) is 20.7. The molecule has 0 aliphatic heterocycles. The molecule has 2 unspecified atom stereocenters. The Morgan fingerprint density at radius 2 is 1.82 bits per heavy atom. The monoisotopic (exact) mass is 338 g/mol. The minimum Gasteiger partial charge on any atom is -0.352 e. The van der Waals surface area contributed by atoms with Gasteiger partial charge in [-0.25, -0.2) is 0 Å². The molecule has 0 aliphatic carbocycles. The summed E-state index contributed by atoms with van der Waals surface area (Å²) in [7, 11) is 0. The number of hydrogen-bond acceptors (Lipinski definition) is 2. The molecular formula is C15H22ClF3N2O. The van der Waals surface area contributed by atoms with E-state index in [0.717, 1.165) is 24.1 Å². The van der Waals surface area contributed by atoms with Gasteiger partial charge in [-0.05, 0) is 37.5 Å². The lowest BCUT2D eigenvalue weighted by Gasteiger charge is -2.17. The second-order valence-electron chi connectivity index (χ2n) is 5.20. The summed E-state index contributed by atoms with van der Waals surface area (Å²) < 4.78 is 37.3. The molecule has 1 amide bonds. The van der Waals surface area contributed by atoms with Crippen LogP contribution in [0.3, 0.4) is 0 Å². The zero-order valence-corrected chi connectivity index (χ0v) is 13.4. The van der Waals surface area contributed by atoms with Crippen LogP contribution in [0, 0.1) is 0 Å². The highest BCUT2D eigenvalue weighted by Gasteiger charge is 2.29. The largest absolute Gasteiger partial charge is 0.416 e. The maximum absolute atomic E-state index is 12.4. The third-order valence-electron chi connectivity index (χ3n) is 3.15. The Bertz CT molecular complexity index is 463. The number of rotatable bonds is 6. The fraction of sp³-hybridized carbons (Fsp3) is 0.533. The molecule has 0 aliphatic rings. The van der Waals surface area contributed by atoms with Gasteiger partial charge in [-0.3, -0.25) is 4.79 Å². The summed E-state index contributed by atoms with van der Waals surface area (Å²) in [5, 5.41) is 2.77. The number of hydrogen-bond donors (Lipinski definition) is 2. The summed E-state index contributed by atoms with van der Waals surface area (Å²) in [6, 6.07) is 4.23. The molecule has 0 radical (unpaired) electrons. The first-order valence-electron chi connectivity index (χ1n) is 6.96. The van der Waals surface area contributed by atoms with Crippen LogP contribution in [0.1, 0.15) is 37.8 Å². The van der Waals surface area contributed by atoms with Gasteiger partial charge in [0, 0.05) is 6.04 Å². The van der Waals surface area contributed by atoms with Gasteiger partial charge in [0.1, 0.15) is 0 Å². The highest BCUT2D eigenvalue weighted by Crippen LogP contribution is 2.29. The zero-order chi connectivity index (χ0) is 16.0. The van der Waals surface area contributed by atoms with Crippen LogP contribution in [0.4, 0.5) is 13.2 Å². The van der Waals surface area contributed by atoms with Crippen molar-refractivity contribution < 1.29 is 18.0 Å². The predicted octanol–water partition coefficient (Wildman–Crippen LogP) is 3.30. The molecule has 3 N–H and O–H groups in total. The Labute approximate surface area is 134 Å². The van der Waals surface area contributed by atoms with Crippen LogP contribution in [-0.4, -0.2) is 18.0 Å². The highest BCUT2D eigenvalue weighted by atomic mass is 35.5. The van der Waals surface area contributed by atoms with Gasteiger partial charge in [-0.2, -0.15) is 13.2 Å². The van der Waals surface area contributed by atoms with Crippen LogP contribution in [0.2, 0.25) is 0 Å². The van der Waals surface area contributed by atoms with Crippen molar-refractivity contribution >= 4 is 18.3 Å². The average Bonchev–Trinajstić information content (AvgIpc) is 2.38. The second kappa shape index (κ2) is 9.00. The van der Waals surface area contributed by atoms with Crippen molar-refractivity contribution in [1.29, 1.82) is 0 Å². The van der Waals surface area contributed by atoms with Crippen LogP contribution < -0.4 is 11.1 Å². The number of alkyl halides is 3. The molecule has 0 spiro atoms. The normalized spacial score (nSPS) is 13.9. The summed E-state index contributed by atoms with van der Waals surface area (Å²) in [5.74, 6) is -0.226. The number of carbonyl (C=O) groups is 1. The lowest BCUT2D eigenvalue weighted by atomic mass is 10.0. The molecule has 0 fully saturated rings. The van der Waals surface area contributed by atoms with Crippen molar-refractivity contribution in [2.45, 2.75) is 51.4 Å². The molecule has 22 heavy (non-hydrogen) atoms. The van der Waals surface area contributed by atoms with E-state index in [1.54, 1.807) is 6.92 Å². The predicted molar refractivity (Wildman–Crippen MR) is 82.9 cm³/mol. The van der Waals surface area contributed by atoms with Crippen molar-refractivity contribution in [3.05, 3.63) is 35.4 Å². The second-order valence-corrected chi connectivity index (χ2v) is 5.20. The van der Waals surface area contributed by atoms with Gasteiger partial charge in [-0.15, -0.1) is 12.4 Å². The Morgan fingerprint density at radius 3 is 2.27 bits per heavy atom. The van der Waals surface area contributed by atoms with Gasteiger partial charge >= 0.3 is 6.18 Å². The molecule has 0 saturated heterocycles. The Hall–Kier alpha value is -1.27. The lowest BCUT2D eigenvalue weighted by Crippen LogP contribution is -2.45. The quantitative estimate of drug-likeness (QED) is 0.836. The van der Waals surface area contributed by atoms with E-state index in [4.69, 9.17) is 5.73 Å². The molecule has 1 aromatic carbocycles. The number of nitrogens with two attached hydrogens (primary N) is 1. The van der Waals surface area contributed by atoms with Crippen molar-refractivity contribution in [3.8, 4) is 0 Å². The summed E-state index contributed by atoms with van der Waals surface area (Å²) in [4.78, 5) is 11.7. The average molecular weight is 339 g/mol. The molecule has 126 valence electrons. The molecular weight excluding hydrogens is 317 g/mol. The maximum Gasteiger partial charge on any atom is 0.416 e. The van der Waals surface area contributed by atoms with Gasteiger partial charge in [0.25, 0.3) is 0 Å². The molecule has 0 bridgehead atoms. The fourth-order valence-corrected chi connectivity index (χ4v) is 2.03. The summed E-state index contributed by atoms with van der Waals surface area (Å²) in [6.45, 7) is 3.74. The van der Waals surface area contributed by atoms with Crippen LogP contribution in [0.25, 0.3) is 0 Å². The van der Waals surface area contributed by atoms with E-state index in [-0.39, 0.29) is 24.4 Å². The van der Waals surface area contributed by atoms with Gasteiger partial charge in [0.05, 0.1) is 11.6 Å². The molecule has 2 atom stereocenters. The van der Waals surface area contributed by atoms with Crippen molar-refractivity contribution in [3.63, 3.8) is 0 Å². The molecule has 3 nitrogen and oxygen atoms in total. The van der Waals surface area contributed by atoms with E-state index in [1.807, 2.05) is 6.92 Å². The van der Waals surface area contributed by atoms with E-state index in [0.29, 0.717) is 12.8 Å². The Kier molecular flexibility index (Phi) is 8.48. The summed E-state index contributed by atoms with van der Waals surface area (Å²) in [5.41, 5.74) is 5.76. The Balaban J connectivity index is 0.00000441. The Morgan fingerprint density at radius 1 is 1.27 bits per heavy atom. The van der Waals surface area contributed by atoms with Gasteiger partial charge in [0.15, 0.2) is 0 Å². The minimum atomic E-state index is -4.33. The summed E-state index contributed by atoms with van der Waals surface area (Å²) in [6.07, 6.45) is -2.44. The molecule has 0 saturated carbocycles. The fourth-order valence-electron chi connectivity index (χ4n) is 2.03.